The van der Waals surface area contributed by atoms with Crippen LogP contribution in [0.15, 0.2) is 65.3 Å². The minimum atomic E-state index is -0.999. The first-order valence-corrected chi connectivity index (χ1v) is 9.49. The highest BCUT2D eigenvalue weighted by Crippen LogP contribution is 2.25. The number of rotatable bonds is 8. The van der Waals surface area contributed by atoms with E-state index in [1.165, 1.54) is 14.0 Å². The number of methoxy groups -OCH3 is 1. The number of furan rings is 1. The first-order valence-electron chi connectivity index (χ1n) is 9.49. The van der Waals surface area contributed by atoms with Crippen LogP contribution in [0.5, 0.6) is 5.75 Å². The summed E-state index contributed by atoms with van der Waals surface area (Å²) in [5, 5.41) is 5.90. The van der Waals surface area contributed by atoms with Crippen LogP contribution in [0.25, 0.3) is 0 Å². The standard InChI is InChI=1S/C23H24N2O5/c1-15-10-11-21(28-3)20(13-15)25-22(26)16(2)30-23(27)18-8-4-5-9-19(18)24-14-17-7-6-12-29-17/h4-13,16,24H,14H2,1-3H3,(H,25,26)/t16-/m1/s1. The predicted octanol–water partition coefficient (Wildman–Crippen LogP) is 4.39. The van der Waals surface area contributed by atoms with Crippen LogP contribution in [0, 0.1) is 6.92 Å². The van der Waals surface area contributed by atoms with Crippen molar-refractivity contribution in [3.8, 4) is 5.75 Å². The third kappa shape index (κ3) is 5.20. The van der Waals surface area contributed by atoms with Gasteiger partial charge in [-0.1, -0.05) is 18.2 Å². The van der Waals surface area contributed by atoms with Crippen LogP contribution in [-0.4, -0.2) is 25.1 Å². The summed E-state index contributed by atoms with van der Waals surface area (Å²) in [7, 11) is 1.52. The summed E-state index contributed by atoms with van der Waals surface area (Å²) < 4.78 is 16.0. The van der Waals surface area contributed by atoms with Gasteiger partial charge in [-0.3, -0.25) is 4.79 Å². The average Bonchev–Trinajstić information content (AvgIpc) is 3.26. The highest BCUT2D eigenvalue weighted by molar-refractivity contribution is 6.00. The number of hydrogen-bond acceptors (Lipinski definition) is 6. The van der Waals surface area contributed by atoms with E-state index in [1.54, 1.807) is 48.7 Å². The number of ether oxygens (including phenoxy) is 2. The second kappa shape index (κ2) is 9.65. The second-order valence-corrected chi connectivity index (χ2v) is 6.72. The van der Waals surface area contributed by atoms with Crippen molar-refractivity contribution in [3.63, 3.8) is 0 Å². The fraction of sp³-hybridized carbons (Fsp3) is 0.217. The molecule has 0 saturated heterocycles. The Labute approximate surface area is 175 Å². The molecular formula is C23H24N2O5. The highest BCUT2D eigenvalue weighted by atomic mass is 16.5. The topological polar surface area (TPSA) is 89.8 Å². The van der Waals surface area contributed by atoms with E-state index in [9.17, 15) is 9.59 Å². The summed E-state index contributed by atoms with van der Waals surface area (Å²) in [5.74, 6) is 0.211. The van der Waals surface area contributed by atoms with Crippen LogP contribution < -0.4 is 15.4 Å². The zero-order valence-electron chi connectivity index (χ0n) is 17.1. The van der Waals surface area contributed by atoms with Gasteiger partial charge in [-0.15, -0.1) is 0 Å². The van der Waals surface area contributed by atoms with E-state index >= 15 is 0 Å². The molecular weight excluding hydrogens is 384 g/mol. The molecule has 156 valence electrons. The Morgan fingerprint density at radius 3 is 2.60 bits per heavy atom. The fourth-order valence-electron chi connectivity index (χ4n) is 2.84. The molecule has 0 saturated carbocycles. The molecule has 0 aliphatic heterocycles. The molecule has 0 aliphatic carbocycles. The number of amides is 1. The maximum absolute atomic E-state index is 12.7. The van der Waals surface area contributed by atoms with Crippen molar-refractivity contribution in [3.05, 3.63) is 77.7 Å². The number of anilines is 2. The van der Waals surface area contributed by atoms with E-state index < -0.39 is 18.0 Å². The molecule has 2 aromatic carbocycles. The Bertz CT molecular complexity index is 1010. The first-order chi connectivity index (χ1) is 14.5. The maximum Gasteiger partial charge on any atom is 0.341 e. The number of hydrogen-bond donors (Lipinski definition) is 2. The third-order valence-corrected chi connectivity index (χ3v) is 4.45. The van der Waals surface area contributed by atoms with Crippen molar-refractivity contribution in [1.82, 2.24) is 0 Å². The highest BCUT2D eigenvalue weighted by Gasteiger charge is 2.22. The number of aryl methyl sites for hydroxylation is 1. The van der Waals surface area contributed by atoms with Crippen LogP contribution in [0.4, 0.5) is 11.4 Å². The van der Waals surface area contributed by atoms with E-state index in [1.807, 2.05) is 19.1 Å². The SMILES string of the molecule is COc1ccc(C)cc1NC(=O)[C@@H](C)OC(=O)c1ccccc1NCc1ccco1. The summed E-state index contributed by atoms with van der Waals surface area (Å²) in [6.45, 7) is 3.85. The van der Waals surface area contributed by atoms with E-state index in [0.717, 1.165) is 11.3 Å². The Morgan fingerprint density at radius 2 is 1.87 bits per heavy atom. The lowest BCUT2D eigenvalue weighted by Crippen LogP contribution is -2.30. The fourth-order valence-corrected chi connectivity index (χ4v) is 2.84. The Kier molecular flexibility index (Phi) is 6.75. The Morgan fingerprint density at radius 1 is 1.07 bits per heavy atom. The summed E-state index contributed by atoms with van der Waals surface area (Å²) >= 11 is 0. The van der Waals surface area contributed by atoms with Gasteiger partial charge in [-0.05, 0) is 55.8 Å². The molecule has 2 N–H and O–H groups in total. The molecule has 1 aromatic heterocycles. The van der Waals surface area contributed by atoms with Gasteiger partial charge in [0, 0.05) is 5.69 Å². The predicted molar refractivity (Wildman–Crippen MR) is 114 cm³/mol. The van der Waals surface area contributed by atoms with Gasteiger partial charge in [0.15, 0.2) is 6.10 Å². The zero-order chi connectivity index (χ0) is 21.5. The van der Waals surface area contributed by atoms with Crippen molar-refractivity contribution in [2.24, 2.45) is 0 Å². The van der Waals surface area contributed by atoms with Crippen LogP contribution in [0.2, 0.25) is 0 Å². The first kappa shape index (κ1) is 21.0. The van der Waals surface area contributed by atoms with Crippen LogP contribution in [0.3, 0.4) is 0 Å². The molecule has 0 unspecified atom stereocenters. The Hall–Kier alpha value is -3.74. The van der Waals surface area contributed by atoms with Crippen LogP contribution >= 0.6 is 0 Å². The molecule has 30 heavy (non-hydrogen) atoms. The van der Waals surface area contributed by atoms with E-state index in [-0.39, 0.29) is 0 Å². The smallest absolute Gasteiger partial charge is 0.341 e. The number of nitrogens with one attached hydrogen (secondary N) is 2. The van der Waals surface area contributed by atoms with Crippen molar-refractivity contribution in [2.45, 2.75) is 26.5 Å². The molecule has 0 bridgehead atoms. The largest absolute Gasteiger partial charge is 0.495 e. The van der Waals surface area contributed by atoms with Crippen molar-refractivity contribution in [1.29, 1.82) is 0 Å². The van der Waals surface area contributed by atoms with Gasteiger partial charge in [-0.25, -0.2) is 4.79 Å². The van der Waals surface area contributed by atoms with Gasteiger partial charge >= 0.3 is 5.97 Å². The molecule has 1 heterocycles. The second-order valence-electron chi connectivity index (χ2n) is 6.72. The molecule has 3 rings (SSSR count). The number of carbonyl (C=O) groups is 2. The lowest BCUT2D eigenvalue weighted by molar-refractivity contribution is -0.123. The van der Waals surface area contributed by atoms with E-state index in [0.29, 0.717) is 29.2 Å². The molecule has 7 heteroatoms. The molecule has 0 aliphatic rings. The summed E-state index contributed by atoms with van der Waals surface area (Å²) in [6.07, 6.45) is 0.585. The zero-order valence-corrected chi connectivity index (χ0v) is 17.1. The number of para-hydroxylation sites is 1. The van der Waals surface area contributed by atoms with Crippen LogP contribution in [0.1, 0.15) is 28.6 Å². The van der Waals surface area contributed by atoms with Gasteiger partial charge in [0.1, 0.15) is 11.5 Å². The number of benzene rings is 2. The Balaban J connectivity index is 1.65. The molecule has 3 aromatic rings. The van der Waals surface area contributed by atoms with E-state index in [4.69, 9.17) is 13.9 Å². The summed E-state index contributed by atoms with van der Waals surface area (Å²) in [4.78, 5) is 25.2. The molecule has 1 amide bonds. The minimum Gasteiger partial charge on any atom is -0.495 e. The van der Waals surface area contributed by atoms with Gasteiger partial charge < -0.3 is 24.5 Å². The number of esters is 1. The van der Waals surface area contributed by atoms with Crippen molar-refractivity contribution < 1.29 is 23.5 Å². The molecule has 0 radical (unpaired) electrons. The monoisotopic (exact) mass is 408 g/mol. The third-order valence-electron chi connectivity index (χ3n) is 4.45. The molecule has 0 fully saturated rings. The summed E-state index contributed by atoms with van der Waals surface area (Å²) in [6, 6.07) is 16.0. The normalized spacial score (nSPS) is 11.4. The van der Waals surface area contributed by atoms with Crippen molar-refractivity contribution in [2.75, 3.05) is 17.7 Å². The molecule has 1 atom stereocenters. The molecule has 7 nitrogen and oxygen atoms in total. The lowest BCUT2D eigenvalue weighted by atomic mass is 10.1. The summed E-state index contributed by atoms with van der Waals surface area (Å²) in [5.41, 5.74) is 2.40. The van der Waals surface area contributed by atoms with E-state index in [2.05, 4.69) is 10.6 Å². The van der Waals surface area contributed by atoms with Gasteiger partial charge in [0.05, 0.1) is 31.2 Å². The van der Waals surface area contributed by atoms with Crippen molar-refractivity contribution >= 4 is 23.3 Å². The minimum absolute atomic E-state index is 0.330. The quantitative estimate of drug-likeness (QED) is 0.537. The van der Waals surface area contributed by atoms with Gasteiger partial charge in [-0.2, -0.15) is 0 Å². The van der Waals surface area contributed by atoms with Gasteiger partial charge in [0.25, 0.3) is 5.91 Å². The lowest BCUT2D eigenvalue weighted by Gasteiger charge is -2.17. The number of carbonyl (C=O) groups excluding carboxylic acids is 2. The maximum atomic E-state index is 12.7. The van der Waals surface area contributed by atoms with Crippen LogP contribution in [-0.2, 0) is 16.1 Å². The molecule has 0 spiro atoms. The average molecular weight is 408 g/mol. The van der Waals surface area contributed by atoms with Gasteiger partial charge in [0.2, 0.25) is 0 Å².